The Morgan fingerprint density at radius 1 is 1.13 bits per heavy atom. The molecule has 1 fully saturated rings. The van der Waals surface area contributed by atoms with E-state index in [-0.39, 0.29) is 11.8 Å². The van der Waals surface area contributed by atoms with Gasteiger partial charge in [-0.3, -0.25) is 9.59 Å². The number of nitrogens with zero attached hydrogens (tertiary/aromatic N) is 1. The van der Waals surface area contributed by atoms with E-state index in [1.807, 2.05) is 0 Å². The topological polar surface area (TPSA) is 80.3 Å². The summed E-state index contributed by atoms with van der Waals surface area (Å²) in [6, 6.07) is 12.0. The monoisotopic (exact) mass is 311 g/mol. The molecule has 0 spiro atoms. The first kappa shape index (κ1) is 15.2. The standard InChI is InChI=1S/C17H17N3O3/c21-16(20-15-8-1-2-9-18-15)12-5-3-6-13(11-12)19-17(22)14-7-4-10-23-14/h1-3,5-6,8-9,11,14H,4,7,10H2,(H,19,22)(H,18,20,21)/t14-/m0/s1. The fourth-order valence-electron chi connectivity index (χ4n) is 2.37. The van der Waals surface area contributed by atoms with Crippen molar-refractivity contribution in [2.75, 3.05) is 17.2 Å². The van der Waals surface area contributed by atoms with Crippen LogP contribution in [0.2, 0.25) is 0 Å². The van der Waals surface area contributed by atoms with Gasteiger partial charge in [0.2, 0.25) is 0 Å². The summed E-state index contributed by atoms with van der Waals surface area (Å²) in [7, 11) is 0. The zero-order chi connectivity index (χ0) is 16.1. The SMILES string of the molecule is O=C(Nc1ccccn1)c1cccc(NC(=O)[C@@H]2CCCO2)c1. The first-order chi connectivity index (χ1) is 11.2. The van der Waals surface area contributed by atoms with E-state index < -0.39 is 6.10 Å². The molecule has 1 aromatic carbocycles. The summed E-state index contributed by atoms with van der Waals surface area (Å²) in [6.45, 7) is 0.616. The van der Waals surface area contributed by atoms with Gasteiger partial charge in [0.1, 0.15) is 11.9 Å². The van der Waals surface area contributed by atoms with Gasteiger partial charge in [0.25, 0.3) is 11.8 Å². The molecule has 1 aromatic heterocycles. The highest BCUT2D eigenvalue weighted by atomic mass is 16.5. The van der Waals surface area contributed by atoms with Gasteiger partial charge in [-0.15, -0.1) is 0 Å². The van der Waals surface area contributed by atoms with Gasteiger partial charge in [0.05, 0.1) is 0 Å². The lowest BCUT2D eigenvalue weighted by Gasteiger charge is -2.11. The van der Waals surface area contributed by atoms with Crippen molar-refractivity contribution in [3.63, 3.8) is 0 Å². The summed E-state index contributed by atoms with van der Waals surface area (Å²) in [5.41, 5.74) is 1.01. The molecule has 2 N–H and O–H groups in total. The third-order valence-electron chi connectivity index (χ3n) is 3.52. The number of anilines is 2. The minimum Gasteiger partial charge on any atom is -0.368 e. The fourth-order valence-corrected chi connectivity index (χ4v) is 2.37. The number of amides is 2. The second kappa shape index (κ2) is 7.02. The number of benzene rings is 1. The highest BCUT2D eigenvalue weighted by Gasteiger charge is 2.23. The van der Waals surface area contributed by atoms with Crippen LogP contribution in [-0.2, 0) is 9.53 Å². The molecule has 6 heteroatoms. The number of carbonyl (C=O) groups excluding carboxylic acids is 2. The zero-order valence-electron chi connectivity index (χ0n) is 12.5. The summed E-state index contributed by atoms with van der Waals surface area (Å²) < 4.78 is 5.34. The summed E-state index contributed by atoms with van der Waals surface area (Å²) in [6.07, 6.45) is 2.82. The van der Waals surface area contributed by atoms with E-state index in [1.165, 1.54) is 0 Å². The largest absolute Gasteiger partial charge is 0.368 e. The average Bonchev–Trinajstić information content (AvgIpc) is 3.11. The van der Waals surface area contributed by atoms with Crippen molar-refractivity contribution in [2.45, 2.75) is 18.9 Å². The summed E-state index contributed by atoms with van der Waals surface area (Å²) in [5, 5.41) is 5.49. The predicted molar refractivity (Wildman–Crippen MR) is 86.2 cm³/mol. The molecule has 1 saturated heterocycles. The second-order valence-electron chi connectivity index (χ2n) is 5.24. The molecule has 0 bridgehead atoms. The molecule has 2 amide bonds. The van der Waals surface area contributed by atoms with E-state index in [1.54, 1.807) is 48.7 Å². The molecule has 1 aliphatic rings. The number of ether oxygens (including phenoxy) is 1. The number of rotatable bonds is 4. The van der Waals surface area contributed by atoms with Gasteiger partial charge in [-0.25, -0.2) is 4.98 Å². The highest BCUT2D eigenvalue weighted by molar-refractivity contribution is 6.05. The molecule has 0 radical (unpaired) electrons. The number of hydrogen-bond acceptors (Lipinski definition) is 4. The maximum absolute atomic E-state index is 12.2. The Morgan fingerprint density at radius 2 is 2.04 bits per heavy atom. The Balaban J connectivity index is 1.67. The number of nitrogens with one attached hydrogen (secondary N) is 2. The molecule has 0 aliphatic carbocycles. The van der Waals surface area contributed by atoms with Gasteiger partial charge in [-0.2, -0.15) is 0 Å². The third kappa shape index (κ3) is 3.92. The lowest BCUT2D eigenvalue weighted by molar-refractivity contribution is -0.124. The molecule has 2 aromatic rings. The van der Waals surface area contributed by atoms with Crippen molar-refractivity contribution in [3.8, 4) is 0 Å². The lowest BCUT2D eigenvalue weighted by Crippen LogP contribution is -2.27. The molecule has 0 unspecified atom stereocenters. The molecular weight excluding hydrogens is 294 g/mol. The van der Waals surface area contributed by atoms with Crippen molar-refractivity contribution in [1.82, 2.24) is 4.98 Å². The zero-order valence-corrected chi connectivity index (χ0v) is 12.5. The Labute approximate surface area is 133 Å². The maximum Gasteiger partial charge on any atom is 0.256 e. The van der Waals surface area contributed by atoms with Crippen LogP contribution in [0.4, 0.5) is 11.5 Å². The summed E-state index contributed by atoms with van der Waals surface area (Å²) in [5.74, 6) is 0.0213. The van der Waals surface area contributed by atoms with Gasteiger partial charge in [0, 0.05) is 24.1 Å². The van der Waals surface area contributed by atoms with Crippen molar-refractivity contribution in [1.29, 1.82) is 0 Å². The van der Waals surface area contributed by atoms with Crippen LogP contribution in [0.15, 0.2) is 48.7 Å². The van der Waals surface area contributed by atoms with Crippen molar-refractivity contribution >= 4 is 23.3 Å². The predicted octanol–water partition coefficient (Wildman–Crippen LogP) is 2.45. The first-order valence-electron chi connectivity index (χ1n) is 7.47. The van der Waals surface area contributed by atoms with E-state index in [0.29, 0.717) is 23.7 Å². The summed E-state index contributed by atoms with van der Waals surface area (Å²) in [4.78, 5) is 28.3. The molecule has 23 heavy (non-hydrogen) atoms. The molecular formula is C17H17N3O3. The van der Waals surface area contributed by atoms with Crippen LogP contribution >= 0.6 is 0 Å². The van der Waals surface area contributed by atoms with Gasteiger partial charge >= 0.3 is 0 Å². The van der Waals surface area contributed by atoms with Crippen LogP contribution in [0.3, 0.4) is 0 Å². The number of pyridine rings is 1. The highest BCUT2D eigenvalue weighted by Crippen LogP contribution is 2.17. The van der Waals surface area contributed by atoms with Crippen LogP contribution in [-0.4, -0.2) is 29.5 Å². The normalized spacial score (nSPS) is 16.8. The number of hydrogen-bond donors (Lipinski definition) is 2. The van der Waals surface area contributed by atoms with Gasteiger partial charge < -0.3 is 15.4 Å². The van der Waals surface area contributed by atoms with Gasteiger partial charge in [0.15, 0.2) is 0 Å². The van der Waals surface area contributed by atoms with Crippen LogP contribution in [0.1, 0.15) is 23.2 Å². The second-order valence-corrected chi connectivity index (χ2v) is 5.24. The minimum atomic E-state index is -0.402. The molecule has 118 valence electrons. The van der Waals surface area contributed by atoms with Crippen molar-refractivity contribution in [2.24, 2.45) is 0 Å². The summed E-state index contributed by atoms with van der Waals surface area (Å²) >= 11 is 0. The van der Waals surface area contributed by atoms with E-state index >= 15 is 0 Å². The van der Waals surface area contributed by atoms with Crippen molar-refractivity contribution in [3.05, 3.63) is 54.2 Å². The first-order valence-corrected chi connectivity index (χ1v) is 7.47. The van der Waals surface area contributed by atoms with Crippen LogP contribution in [0, 0.1) is 0 Å². The van der Waals surface area contributed by atoms with Crippen LogP contribution in [0.5, 0.6) is 0 Å². The molecule has 2 heterocycles. The smallest absolute Gasteiger partial charge is 0.256 e. The van der Waals surface area contributed by atoms with Gasteiger partial charge in [-0.1, -0.05) is 12.1 Å². The van der Waals surface area contributed by atoms with Crippen LogP contribution < -0.4 is 10.6 Å². The van der Waals surface area contributed by atoms with E-state index in [2.05, 4.69) is 15.6 Å². The minimum absolute atomic E-state index is 0.176. The average molecular weight is 311 g/mol. The molecule has 0 saturated carbocycles. The Morgan fingerprint density at radius 3 is 2.78 bits per heavy atom. The third-order valence-corrected chi connectivity index (χ3v) is 3.52. The Hall–Kier alpha value is -2.73. The van der Waals surface area contributed by atoms with Crippen LogP contribution in [0.25, 0.3) is 0 Å². The number of aromatic nitrogens is 1. The Bertz CT molecular complexity index is 697. The fraction of sp³-hybridized carbons (Fsp3) is 0.235. The van der Waals surface area contributed by atoms with E-state index in [4.69, 9.17) is 4.74 Å². The lowest BCUT2D eigenvalue weighted by atomic mass is 10.1. The van der Waals surface area contributed by atoms with E-state index in [0.717, 1.165) is 12.8 Å². The van der Waals surface area contributed by atoms with Gasteiger partial charge in [-0.05, 0) is 43.2 Å². The molecule has 1 atom stereocenters. The Kier molecular flexibility index (Phi) is 4.63. The van der Waals surface area contributed by atoms with E-state index in [9.17, 15) is 9.59 Å². The molecule has 6 nitrogen and oxygen atoms in total. The molecule has 3 rings (SSSR count). The maximum atomic E-state index is 12.2. The quantitative estimate of drug-likeness (QED) is 0.909. The molecule has 1 aliphatic heterocycles. The van der Waals surface area contributed by atoms with Crippen molar-refractivity contribution < 1.29 is 14.3 Å². The number of carbonyl (C=O) groups is 2.